The van der Waals surface area contributed by atoms with Crippen LogP contribution in [0.25, 0.3) is 0 Å². The molecule has 8 heteroatoms. The Morgan fingerprint density at radius 1 is 1.10 bits per heavy atom. The Hall–Kier alpha value is -2.32. The van der Waals surface area contributed by atoms with Gasteiger partial charge in [0.15, 0.2) is 0 Å². The Balaban J connectivity index is 2.26. The van der Waals surface area contributed by atoms with Crippen molar-refractivity contribution in [2.75, 3.05) is 6.54 Å². The van der Waals surface area contributed by atoms with Crippen LogP contribution >= 0.6 is 15.9 Å². The molecule has 5 nitrogen and oxygen atoms in total. The minimum atomic E-state index is -0.765. The maximum atomic E-state index is 13.6. The third-order valence-electron chi connectivity index (χ3n) is 4.82. The topological polar surface area (TPSA) is 67.4 Å². The number of rotatable bonds is 9. The third kappa shape index (κ3) is 8.03. The summed E-state index contributed by atoms with van der Waals surface area (Å²) in [7, 11) is 0. The number of hydrogen-bond donors (Lipinski definition) is 2. The zero-order chi connectivity index (χ0) is 23.2. The average Bonchev–Trinajstić information content (AvgIpc) is 2.63. The van der Waals surface area contributed by atoms with Crippen molar-refractivity contribution in [3.8, 4) is 0 Å². The number of halogens is 3. The van der Waals surface area contributed by atoms with E-state index < -0.39 is 35.3 Å². The Morgan fingerprint density at radius 3 is 2.29 bits per heavy atom. The Morgan fingerprint density at radius 2 is 1.74 bits per heavy atom. The van der Waals surface area contributed by atoms with E-state index >= 15 is 0 Å². The van der Waals surface area contributed by atoms with Crippen LogP contribution in [0.4, 0.5) is 8.78 Å². The van der Waals surface area contributed by atoms with Crippen LogP contribution in [-0.4, -0.2) is 30.6 Å². The molecule has 2 N–H and O–H groups in total. The van der Waals surface area contributed by atoms with E-state index in [-0.39, 0.29) is 18.9 Å². The molecule has 31 heavy (non-hydrogen) atoms. The van der Waals surface area contributed by atoms with E-state index in [1.165, 1.54) is 26.0 Å². The van der Waals surface area contributed by atoms with Crippen LogP contribution in [-0.2, 0) is 26.3 Å². The van der Waals surface area contributed by atoms with E-state index in [2.05, 4.69) is 26.6 Å². The lowest BCUT2D eigenvalue weighted by Crippen LogP contribution is -2.52. The minimum Gasteiger partial charge on any atom is -0.459 e. The van der Waals surface area contributed by atoms with Crippen LogP contribution in [0.2, 0.25) is 0 Å². The number of carbonyl (C=O) groups excluding carboxylic acids is 2. The predicted octanol–water partition coefficient (Wildman–Crippen LogP) is 4.23. The van der Waals surface area contributed by atoms with Gasteiger partial charge in [0.25, 0.3) is 0 Å². The van der Waals surface area contributed by atoms with Crippen LogP contribution in [0.3, 0.4) is 0 Å². The highest BCUT2D eigenvalue weighted by Crippen LogP contribution is 2.24. The van der Waals surface area contributed by atoms with Gasteiger partial charge in [0.05, 0.1) is 6.04 Å². The van der Waals surface area contributed by atoms with Crippen molar-refractivity contribution in [2.45, 2.75) is 51.8 Å². The number of carbonyl (C=O) groups is 2. The summed E-state index contributed by atoms with van der Waals surface area (Å²) in [6.07, 6.45) is -0.676. The summed E-state index contributed by atoms with van der Waals surface area (Å²) in [4.78, 5) is 23.6. The predicted molar refractivity (Wildman–Crippen MR) is 118 cm³/mol. The first-order chi connectivity index (χ1) is 14.5. The van der Waals surface area contributed by atoms with Crippen LogP contribution in [0.1, 0.15) is 38.8 Å². The molecule has 0 aliphatic carbocycles. The van der Waals surface area contributed by atoms with Gasteiger partial charge >= 0.3 is 5.97 Å². The molecule has 2 aromatic rings. The first kappa shape index (κ1) is 24.9. The number of amides is 1. The molecule has 0 bridgehead atoms. The van der Waals surface area contributed by atoms with Gasteiger partial charge in [-0.1, -0.05) is 28.1 Å². The highest BCUT2D eigenvalue weighted by Gasteiger charge is 2.29. The molecule has 0 saturated heterocycles. The molecule has 0 aromatic heterocycles. The first-order valence-corrected chi connectivity index (χ1v) is 10.7. The van der Waals surface area contributed by atoms with Crippen molar-refractivity contribution >= 4 is 27.8 Å². The SMILES string of the molecule is CC(=O)NC(Cc1cc(F)cc(F)c1)C(CNC(C)(C)c1cccc(Br)c1)OC(C)=O. The first-order valence-electron chi connectivity index (χ1n) is 9.86. The van der Waals surface area contributed by atoms with Gasteiger partial charge in [-0.25, -0.2) is 8.78 Å². The van der Waals surface area contributed by atoms with Crippen molar-refractivity contribution in [3.05, 3.63) is 69.7 Å². The fourth-order valence-electron chi connectivity index (χ4n) is 3.33. The van der Waals surface area contributed by atoms with Crippen LogP contribution < -0.4 is 10.6 Å². The highest BCUT2D eigenvalue weighted by molar-refractivity contribution is 9.10. The summed E-state index contributed by atoms with van der Waals surface area (Å²) in [6, 6.07) is 10.3. The van der Waals surface area contributed by atoms with Gasteiger partial charge in [-0.2, -0.15) is 0 Å². The largest absolute Gasteiger partial charge is 0.459 e. The number of hydrogen-bond acceptors (Lipinski definition) is 4. The maximum absolute atomic E-state index is 13.6. The van der Waals surface area contributed by atoms with Crippen molar-refractivity contribution in [3.63, 3.8) is 0 Å². The van der Waals surface area contributed by atoms with Crippen molar-refractivity contribution < 1.29 is 23.1 Å². The number of ether oxygens (including phenoxy) is 1. The molecular formula is C23H27BrF2N2O3. The molecule has 0 aliphatic heterocycles. The molecule has 0 radical (unpaired) electrons. The summed E-state index contributed by atoms with van der Waals surface area (Å²) in [6.45, 7) is 6.79. The van der Waals surface area contributed by atoms with Gasteiger partial charge in [-0.05, 0) is 55.7 Å². The highest BCUT2D eigenvalue weighted by atomic mass is 79.9. The van der Waals surface area contributed by atoms with Crippen molar-refractivity contribution in [1.82, 2.24) is 10.6 Å². The lowest BCUT2D eigenvalue weighted by Gasteiger charge is -2.33. The number of benzene rings is 2. The van der Waals surface area contributed by atoms with Gasteiger partial charge in [-0.3, -0.25) is 9.59 Å². The lowest BCUT2D eigenvalue weighted by molar-refractivity contribution is -0.148. The molecule has 1 amide bonds. The fourth-order valence-corrected chi connectivity index (χ4v) is 3.73. The van der Waals surface area contributed by atoms with E-state index in [0.717, 1.165) is 16.1 Å². The van der Waals surface area contributed by atoms with Gasteiger partial charge in [0.1, 0.15) is 17.7 Å². The standard InChI is InChI=1S/C23H27BrF2N2O3/c1-14(29)28-21(10-16-8-19(25)12-20(26)9-16)22(31-15(2)30)13-27-23(3,4)17-6-5-7-18(24)11-17/h5-9,11-12,21-22,27H,10,13H2,1-4H3,(H,28,29). The summed E-state index contributed by atoms with van der Waals surface area (Å²) in [5, 5.41) is 6.12. The van der Waals surface area contributed by atoms with E-state index in [9.17, 15) is 18.4 Å². The maximum Gasteiger partial charge on any atom is 0.303 e. The lowest BCUT2D eigenvalue weighted by atomic mass is 9.93. The second-order valence-corrected chi connectivity index (χ2v) is 8.87. The van der Waals surface area contributed by atoms with Gasteiger partial charge in [-0.15, -0.1) is 0 Å². The second kappa shape index (κ2) is 10.8. The van der Waals surface area contributed by atoms with Gasteiger partial charge < -0.3 is 15.4 Å². The van der Waals surface area contributed by atoms with Crippen LogP contribution in [0.5, 0.6) is 0 Å². The fraction of sp³-hybridized carbons (Fsp3) is 0.391. The van der Waals surface area contributed by atoms with Crippen molar-refractivity contribution in [1.29, 1.82) is 0 Å². The molecule has 0 aliphatic rings. The minimum absolute atomic E-state index is 0.0885. The van der Waals surface area contributed by atoms with E-state index in [1.54, 1.807) is 0 Å². The monoisotopic (exact) mass is 496 g/mol. The third-order valence-corrected chi connectivity index (χ3v) is 5.32. The number of nitrogens with one attached hydrogen (secondary N) is 2. The van der Waals surface area contributed by atoms with E-state index in [4.69, 9.17) is 4.74 Å². The smallest absolute Gasteiger partial charge is 0.303 e. The van der Waals surface area contributed by atoms with E-state index in [1.807, 2.05) is 38.1 Å². The molecule has 0 heterocycles. The number of esters is 1. The second-order valence-electron chi connectivity index (χ2n) is 7.95. The zero-order valence-corrected chi connectivity index (χ0v) is 19.6. The van der Waals surface area contributed by atoms with Gasteiger partial charge in [0, 0.05) is 36.5 Å². The van der Waals surface area contributed by atoms with Crippen LogP contribution in [0, 0.1) is 11.6 Å². The molecule has 0 spiro atoms. The molecule has 2 aromatic carbocycles. The quantitative estimate of drug-likeness (QED) is 0.509. The summed E-state index contributed by atoms with van der Waals surface area (Å²) in [5.41, 5.74) is 0.875. The van der Waals surface area contributed by atoms with Gasteiger partial charge in [0.2, 0.25) is 5.91 Å². The molecule has 2 unspecified atom stereocenters. The Labute approximate surface area is 189 Å². The van der Waals surface area contributed by atoms with E-state index in [0.29, 0.717) is 5.56 Å². The molecule has 0 fully saturated rings. The average molecular weight is 497 g/mol. The molecular weight excluding hydrogens is 470 g/mol. The molecule has 2 rings (SSSR count). The zero-order valence-electron chi connectivity index (χ0n) is 18.0. The summed E-state index contributed by atoms with van der Waals surface area (Å²) >= 11 is 3.46. The Bertz CT molecular complexity index is 917. The molecule has 168 valence electrons. The molecule has 0 saturated carbocycles. The van der Waals surface area contributed by atoms with Crippen LogP contribution in [0.15, 0.2) is 46.9 Å². The molecule has 2 atom stereocenters. The Kier molecular flexibility index (Phi) is 8.70. The van der Waals surface area contributed by atoms with Crippen molar-refractivity contribution in [2.24, 2.45) is 0 Å². The summed E-state index contributed by atoms with van der Waals surface area (Å²) in [5.74, 6) is -2.29. The summed E-state index contributed by atoms with van der Waals surface area (Å²) < 4.78 is 33.7. The normalized spacial score (nSPS) is 13.4.